The van der Waals surface area contributed by atoms with Crippen molar-refractivity contribution in [1.29, 1.82) is 0 Å². The largest absolute Gasteiger partial charge is 0.478 e. The average Bonchev–Trinajstić information content (AvgIpc) is 2.58. The fourth-order valence-corrected chi connectivity index (χ4v) is 2.23. The van der Waals surface area contributed by atoms with Crippen molar-refractivity contribution in [2.45, 2.75) is 25.9 Å². The van der Waals surface area contributed by atoms with Crippen LogP contribution in [0.1, 0.15) is 19.4 Å². The molecule has 2 rings (SSSR count). The van der Waals surface area contributed by atoms with Crippen LogP contribution in [0.25, 0.3) is 0 Å². The van der Waals surface area contributed by atoms with Crippen molar-refractivity contribution in [3.8, 4) is 5.75 Å². The normalized spacial score (nSPS) is 10.9. The molecular weight excluding hydrogens is 340 g/mol. The molecule has 2 amide bonds. The van der Waals surface area contributed by atoms with Crippen LogP contribution in [0.2, 0.25) is 5.02 Å². The highest BCUT2D eigenvalue weighted by molar-refractivity contribution is 6.30. The number of carbonyl (C=O) groups is 2. The van der Waals surface area contributed by atoms with Gasteiger partial charge in [0.1, 0.15) is 5.75 Å². The number of rotatable bonds is 6. The second-order valence-corrected chi connectivity index (χ2v) is 6.50. The van der Waals surface area contributed by atoms with Crippen molar-refractivity contribution >= 4 is 29.1 Å². The Morgan fingerprint density at radius 3 is 2.20 bits per heavy atom. The number of benzene rings is 2. The Hall–Kier alpha value is -2.53. The lowest BCUT2D eigenvalue weighted by atomic mass is 10.1. The third kappa shape index (κ3) is 5.50. The Balaban J connectivity index is 1.99. The van der Waals surface area contributed by atoms with Crippen LogP contribution >= 0.6 is 11.6 Å². The maximum Gasteiger partial charge on any atom is 0.267 e. The number of hydrogen-bond donors (Lipinski definition) is 2. The summed E-state index contributed by atoms with van der Waals surface area (Å²) in [5, 5.41) is 5.99. The van der Waals surface area contributed by atoms with E-state index in [0.29, 0.717) is 22.9 Å². The van der Waals surface area contributed by atoms with Gasteiger partial charge in [0.25, 0.3) is 5.91 Å². The predicted molar refractivity (Wildman–Crippen MR) is 99.0 cm³/mol. The summed E-state index contributed by atoms with van der Waals surface area (Å²) in [4.78, 5) is 23.9. The van der Waals surface area contributed by atoms with Crippen LogP contribution in [-0.2, 0) is 16.0 Å². The first-order valence-corrected chi connectivity index (χ1v) is 8.23. The van der Waals surface area contributed by atoms with Crippen LogP contribution < -0.4 is 15.4 Å². The fraction of sp³-hybridized carbons (Fsp3) is 0.263. The highest BCUT2D eigenvalue weighted by atomic mass is 35.5. The fourth-order valence-electron chi connectivity index (χ4n) is 2.10. The summed E-state index contributed by atoms with van der Waals surface area (Å²) in [5.74, 6) is 0.223. The molecule has 2 aromatic rings. The second-order valence-electron chi connectivity index (χ2n) is 6.07. The van der Waals surface area contributed by atoms with E-state index in [1.807, 2.05) is 0 Å². The zero-order valence-corrected chi connectivity index (χ0v) is 15.2. The maximum absolute atomic E-state index is 12.5. The summed E-state index contributed by atoms with van der Waals surface area (Å²) in [7, 11) is 1.60. The van der Waals surface area contributed by atoms with E-state index in [-0.39, 0.29) is 11.8 Å². The molecule has 0 fully saturated rings. The molecule has 0 saturated heterocycles. The molecule has 0 spiro atoms. The molecular formula is C19H21ClN2O3. The van der Waals surface area contributed by atoms with Gasteiger partial charge in [0.2, 0.25) is 5.91 Å². The molecule has 6 heteroatoms. The molecule has 5 nitrogen and oxygen atoms in total. The van der Waals surface area contributed by atoms with Crippen LogP contribution in [0.4, 0.5) is 5.69 Å². The molecule has 2 aromatic carbocycles. The Labute approximate surface area is 152 Å². The summed E-state index contributed by atoms with van der Waals surface area (Å²) in [5.41, 5.74) is 0.446. The van der Waals surface area contributed by atoms with Gasteiger partial charge in [-0.3, -0.25) is 9.59 Å². The average molecular weight is 361 g/mol. The standard InChI is InChI=1S/C19H21ClN2O3/c1-19(2,25-16-10-6-14(20)7-11-16)18(24)22-15-8-4-13(5-9-15)12-17(23)21-3/h4-11H,12H2,1-3H3,(H,21,23)(H,22,24). The van der Waals surface area contributed by atoms with E-state index in [0.717, 1.165) is 5.56 Å². The molecule has 0 aromatic heterocycles. The van der Waals surface area contributed by atoms with E-state index in [2.05, 4.69) is 10.6 Å². The molecule has 0 aliphatic rings. The number of nitrogens with one attached hydrogen (secondary N) is 2. The number of hydrogen-bond acceptors (Lipinski definition) is 3. The van der Waals surface area contributed by atoms with E-state index >= 15 is 0 Å². The molecule has 0 atom stereocenters. The molecule has 0 bridgehead atoms. The third-order valence-electron chi connectivity index (χ3n) is 3.59. The highest BCUT2D eigenvalue weighted by Gasteiger charge is 2.30. The zero-order chi connectivity index (χ0) is 18.4. The smallest absolute Gasteiger partial charge is 0.267 e. The van der Waals surface area contributed by atoms with E-state index in [1.165, 1.54) is 0 Å². The van der Waals surface area contributed by atoms with E-state index < -0.39 is 5.60 Å². The number of carbonyl (C=O) groups excluding carboxylic acids is 2. The SMILES string of the molecule is CNC(=O)Cc1ccc(NC(=O)C(C)(C)Oc2ccc(Cl)cc2)cc1. The van der Waals surface area contributed by atoms with Gasteiger partial charge in [0.15, 0.2) is 5.60 Å². The van der Waals surface area contributed by atoms with Crippen molar-refractivity contribution in [3.05, 3.63) is 59.1 Å². The molecule has 132 valence electrons. The van der Waals surface area contributed by atoms with Crippen molar-refractivity contribution in [1.82, 2.24) is 5.32 Å². The minimum absolute atomic E-state index is 0.0608. The van der Waals surface area contributed by atoms with Gasteiger partial charge in [-0.2, -0.15) is 0 Å². The summed E-state index contributed by atoms with van der Waals surface area (Å²) >= 11 is 5.85. The molecule has 0 heterocycles. The highest BCUT2D eigenvalue weighted by Crippen LogP contribution is 2.22. The van der Waals surface area contributed by atoms with Gasteiger partial charge in [-0.25, -0.2) is 0 Å². The van der Waals surface area contributed by atoms with Gasteiger partial charge in [-0.15, -0.1) is 0 Å². The zero-order valence-electron chi connectivity index (χ0n) is 14.4. The van der Waals surface area contributed by atoms with Gasteiger partial charge in [-0.05, 0) is 55.8 Å². The monoisotopic (exact) mass is 360 g/mol. The minimum Gasteiger partial charge on any atom is -0.478 e. The lowest BCUT2D eigenvalue weighted by Crippen LogP contribution is -2.42. The van der Waals surface area contributed by atoms with Crippen molar-refractivity contribution < 1.29 is 14.3 Å². The quantitative estimate of drug-likeness (QED) is 0.829. The minimum atomic E-state index is -1.06. The number of halogens is 1. The number of anilines is 1. The topological polar surface area (TPSA) is 67.4 Å². The molecule has 2 N–H and O–H groups in total. The lowest BCUT2D eigenvalue weighted by Gasteiger charge is -2.25. The van der Waals surface area contributed by atoms with Crippen LogP contribution in [-0.4, -0.2) is 24.5 Å². The van der Waals surface area contributed by atoms with Gasteiger partial charge in [0, 0.05) is 17.8 Å². The Morgan fingerprint density at radius 1 is 1.04 bits per heavy atom. The first kappa shape index (κ1) is 18.8. The Morgan fingerprint density at radius 2 is 1.64 bits per heavy atom. The van der Waals surface area contributed by atoms with Gasteiger partial charge < -0.3 is 15.4 Å². The second kappa shape index (κ2) is 8.03. The molecule has 0 radical (unpaired) electrons. The third-order valence-corrected chi connectivity index (χ3v) is 3.84. The first-order valence-electron chi connectivity index (χ1n) is 7.86. The summed E-state index contributed by atoms with van der Waals surface area (Å²) < 4.78 is 5.76. The molecule has 0 aliphatic heterocycles. The van der Waals surface area contributed by atoms with Crippen LogP contribution in [0, 0.1) is 0 Å². The number of amides is 2. The first-order chi connectivity index (χ1) is 11.8. The van der Waals surface area contributed by atoms with Crippen molar-refractivity contribution in [2.24, 2.45) is 0 Å². The van der Waals surface area contributed by atoms with Crippen LogP contribution in [0.5, 0.6) is 5.75 Å². The molecule has 0 unspecified atom stereocenters. The number of ether oxygens (including phenoxy) is 1. The Kier molecular flexibility index (Phi) is 6.04. The van der Waals surface area contributed by atoms with Crippen molar-refractivity contribution in [2.75, 3.05) is 12.4 Å². The van der Waals surface area contributed by atoms with Crippen molar-refractivity contribution in [3.63, 3.8) is 0 Å². The van der Waals surface area contributed by atoms with Gasteiger partial charge in [-0.1, -0.05) is 23.7 Å². The van der Waals surface area contributed by atoms with Gasteiger partial charge in [0.05, 0.1) is 6.42 Å². The van der Waals surface area contributed by atoms with E-state index in [4.69, 9.17) is 16.3 Å². The summed E-state index contributed by atoms with van der Waals surface area (Å²) in [6, 6.07) is 14.0. The van der Waals surface area contributed by atoms with Crippen LogP contribution in [0.15, 0.2) is 48.5 Å². The predicted octanol–water partition coefficient (Wildman–Crippen LogP) is 3.42. The Bertz CT molecular complexity index is 740. The summed E-state index contributed by atoms with van der Waals surface area (Å²) in [6.07, 6.45) is 0.301. The molecule has 25 heavy (non-hydrogen) atoms. The molecule has 0 aliphatic carbocycles. The van der Waals surface area contributed by atoms with Crippen LogP contribution in [0.3, 0.4) is 0 Å². The van der Waals surface area contributed by atoms with E-state index in [1.54, 1.807) is 69.4 Å². The summed E-state index contributed by atoms with van der Waals surface area (Å²) in [6.45, 7) is 3.38. The van der Waals surface area contributed by atoms with E-state index in [9.17, 15) is 9.59 Å². The maximum atomic E-state index is 12.5. The molecule has 0 saturated carbocycles. The number of likely N-dealkylation sites (N-methyl/N-ethyl adjacent to an activating group) is 1. The lowest BCUT2D eigenvalue weighted by molar-refractivity contribution is -0.128. The van der Waals surface area contributed by atoms with Gasteiger partial charge >= 0.3 is 0 Å².